The first-order valence-electron chi connectivity index (χ1n) is 4.39. The second-order valence-corrected chi connectivity index (χ2v) is 3.20. The largest absolute Gasteiger partial charge is 0.377 e. The predicted molar refractivity (Wildman–Crippen MR) is 51.7 cm³/mol. The van der Waals surface area contributed by atoms with E-state index in [0.717, 1.165) is 0 Å². The quantitative estimate of drug-likeness (QED) is 0.735. The van der Waals surface area contributed by atoms with E-state index in [1.165, 1.54) is 7.11 Å². The molecule has 1 rings (SSSR count). The molecular formula is C11H13FO2. The van der Waals surface area contributed by atoms with Crippen LogP contribution in [0, 0.1) is 12.7 Å². The molecule has 0 unspecified atom stereocenters. The van der Waals surface area contributed by atoms with E-state index in [2.05, 4.69) is 4.74 Å². The van der Waals surface area contributed by atoms with Crippen molar-refractivity contribution in [2.45, 2.75) is 13.3 Å². The second-order valence-electron chi connectivity index (χ2n) is 3.20. The van der Waals surface area contributed by atoms with Crippen LogP contribution < -0.4 is 0 Å². The van der Waals surface area contributed by atoms with Gasteiger partial charge in [-0.1, -0.05) is 18.2 Å². The fourth-order valence-electron chi connectivity index (χ4n) is 1.27. The van der Waals surface area contributed by atoms with Gasteiger partial charge in [-0.05, 0) is 18.1 Å². The number of carbonyl (C=O) groups excluding carboxylic acids is 1. The molecule has 0 aromatic heterocycles. The van der Waals surface area contributed by atoms with Crippen molar-refractivity contribution in [3.8, 4) is 0 Å². The van der Waals surface area contributed by atoms with Gasteiger partial charge in [0.15, 0.2) is 5.78 Å². The Balaban J connectivity index is 2.76. The molecule has 2 nitrogen and oxygen atoms in total. The Morgan fingerprint density at radius 1 is 1.50 bits per heavy atom. The number of benzene rings is 1. The van der Waals surface area contributed by atoms with Gasteiger partial charge in [0.2, 0.25) is 0 Å². The summed E-state index contributed by atoms with van der Waals surface area (Å²) in [6.45, 7) is 1.72. The standard InChI is InChI=1S/C11H13FO2/c1-8-4-3-5-9(11(8)12)6-10(13)7-14-2/h3-5H,6-7H2,1-2H3. The summed E-state index contributed by atoms with van der Waals surface area (Å²) < 4.78 is 18.1. The molecule has 0 heterocycles. The number of rotatable bonds is 4. The van der Waals surface area contributed by atoms with E-state index in [4.69, 9.17) is 0 Å². The molecule has 1 aromatic rings. The maximum Gasteiger partial charge on any atom is 0.162 e. The summed E-state index contributed by atoms with van der Waals surface area (Å²) in [4.78, 5) is 11.2. The van der Waals surface area contributed by atoms with Crippen LogP contribution in [0.1, 0.15) is 11.1 Å². The first kappa shape index (κ1) is 10.9. The van der Waals surface area contributed by atoms with Gasteiger partial charge < -0.3 is 4.74 Å². The van der Waals surface area contributed by atoms with Crippen molar-refractivity contribution in [3.05, 3.63) is 35.1 Å². The van der Waals surface area contributed by atoms with Crippen LogP contribution in [0.25, 0.3) is 0 Å². The number of methoxy groups -OCH3 is 1. The summed E-state index contributed by atoms with van der Waals surface area (Å²) in [7, 11) is 1.45. The van der Waals surface area contributed by atoms with Crippen LogP contribution in [-0.4, -0.2) is 19.5 Å². The number of ketones is 1. The summed E-state index contributed by atoms with van der Waals surface area (Å²) >= 11 is 0. The van der Waals surface area contributed by atoms with Crippen molar-refractivity contribution in [3.63, 3.8) is 0 Å². The predicted octanol–water partition coefficient (Wildman–Crippen LogP) is 1.89. The summed E-state index contributed by atoms with van der Waals surface area (Å²) in [5.41, 5.74) is 1.000. The highest BCUT2D eigenvalue weighted by Gasteiger charge is 2.09. The first-order valence-corrected chi connectivity index (χ1v) is 4.39. The second kappa shape index (κ2) is 4.86. The highest BCUT2D eigenvalue weighted by atomic mass is 19.1. The minimum Gasteiger partial charge on any atom is -0.377 e. The van der Waals surface area contributed by atoms with Gasteiger partial charge in [-0.3, -0.25) is 4.79 Å². The lowest BCUT2D eigenvalue weighted by Gasteiger charge is -2.04. The molecule has 14 heavy (non-hydrogen) atoms. The van der Waals surface area contributed by atoms with Crippen LogP contribution >= 0.6 is 0 Å². The van der Waals surface area contributed by atoms with Gasteiger partial charge >= 0.3 is 0 Å². The molecule has 0 saturated heterocycles. The fourth-order valence-corrected chi connectivity index (χ4v) is 1.27. The Bertz CT molecular complexity index is 334. The van der Waals surface area contributed by atoms with E-state index in [1.807, 2.05) is 0 Å². The van der Waals surface area contributed by atoms with Gasteiger partial charge in [0.1, 0.15) is 12.4 Å². The van der Waals surface area contributed by atoms with Crippen LogP contribution in [0.5, 0.6) is 0 Å². The molecule has 0 atom stereocenters. The molecule has 3 heteroatoms. The van der Waals surface area contributed by atoms with E-state index in [0.29, 0.717) is 11.1 Å². The Labute approximate surface area is 82.7 Å². The number of ether oxygens (including phenoxy) is 1. The van der Waals surface area contributed by atoms with Gasteiger partial charge in [-0.15, -0.1) is 0 Å². The third-order valence-electron chi connectivity index (χ3n) is 1.96. The van der Waals surface area contributed by atoms with Crippen molar-refractivity contribution < 1.29 is 13.9 Å². The normalized spacial score (nSPS) is 10.2. The van der Waals surface area contributed by atoms with E-state index in [1.54, 1.807) is 25.1 Å². The number of halogens is 1. The minimum absolute atomic E-state index is 0.0351. The van der Waals surface area contributed by atoms with Crippen LogP contribution in [-0.2, 0) is 16.0 Å². The van der Waals surface area contributed by atoms with Gasteiger partial charge in [0.05, 0.1) is 0 Å². The summed E-state index contributed by atoms with van der Waals surface area (Å²) in [6.07, 6.45) is 0.0986. The van der Waals surface area contributed by atoms with Gasteiger partial charge in [0.25, 0.3) is 0 Å². The molecule has 0 saturated carbocycles. The number of hydrogen-bond donors (Lipinski definition) is 0. The number of Topliss-reactive ketones (excluding diaryl/α,β-unsaturated/α-hetero) is 1. The molecule has 0 fully saturated rings. The van der Waals surface area contributed by atoms with E-state index in [-0.39, 0.29) is 24.6 Å². The molecule has 0 aliphatic heterocycles. The number of aryl methyl sites for hydroxylation is 1. The molecule has 0 aliphatic rings. The lowest BCUT2D eigenvalue weighted by molar-refractivity contribution is -0.122. The summed E-state index contributed by atoms with van der Waals surface area (Å²) in [6, 6.07) is 5.04. The van der Waals surface area contributed by atoms with Crippen molar-refractivity contribution in [1.82, 2.24) is 0 Å². The monoisotopic (exact) mass is 196 g/mol. The average molecular weight is 196 g/mol. The van der Waals surface area contributed by atoms with Crippen molar-refractivity contribution in [2.24, 2.45) is 0 Å². The zero-order chi connectivity index (χ0) is 10.6. The molecule has 0 amide bonds. The third kappa shape index (κ3) is 2.64. The molecule has 0 aliphatic carbocycles. The Morgan fingerprint density at radius 2 is 2.21 bits per heavy atom. The summed E-state index contributed by atoms with van der Waals surface area (Å²) in [5, 5.41) is 0. The molecule has 0 spiro atoms. The van der Waals surface area contributed by atoms with Crippen LogP contribution in [0.4, 0.5) is 4.39 Å². The topological polar surface area (TPSA) is 26.3 Å². The zero-order valence-electron chi connectivity index (χ0n) is 8.34. The SMILES string of the molecule is COCC(=O)Cc1cccc(C)c1F. The molecule has 76 valence electrons. The Hall–Kier alpha value is -1.22. The van der Waals surface area contributed by atoms with E-state index < -0.39 is 0 Å². The van der Waals surface area contributed by atoms with Crippen LogP contribution in [0.2, 0.25) is 0 Å². The van der Waals surface area contributed by atoms with Gasteiger partial charge in [0, 0.05) is 13.5 Å². The smallest absolute Gasteiger partial charge is 0.162 e. The maximum atomic E-state index is 13.4. The molecule has 0 bridgehead atoms. The van der Waals surface area contributed by atoms with Crippen molar-refractivity contribution >= 4 is 5.78 Å². The van der Waals surface area contributed by atoms with E-state index in [9.17, 15) is 9.18 Å². The molecule has 1 aromatic carbocycles. The highest BCUT2D eigenvalue weighted by molar-refractivity contribution is 5.82. The summed E-state index contributed by atoms with van der Waals surface area (Å²) in [5.74, 6) is -0.408. The Morgan fingerprint density at radius 3 is 2.86 bits per heavy atom. The Kier molecular flexibility index (Phi) is 3.77. The lowest BCUT2D eigenvalue weighted by atomic mass is 10.1. The maximum absolute atomic E-state index is 13.4. The van der Waals surface area contributed by atoms with Crippen LogP contribution in [0.15, 0.2) is 18.2 Å². The average Bonchev–Trinajstić information content (AvgIpc) is 2.13. The number of hydrogen-bond acceptors (Lipinski definition) is 2. The van der Waals surface area contributed by atoms with Crippen LogP contribution in [0.3, 0.4) is 0 Å². The number of carbonyl (C=O) groups is 1. The fraction of sp³-hybridized carbons (Fsp3) is 0.364. The highest BCUT2D eigenvalue weighted by Crippen LogP contribution is 2.12. The zero-order valence-corrected chi connectivity index (χ0v) is 8.34. The molecule has 0 radical (unpaired) electrons. The van der Waals surface area contributed by atoms with E-state index >= 15 is 0 Å². The van der Waals surface area contributed by atoms with Gasteiger partial charge in [-0.25, -0.2) is 4.39 Å². The first-order chi connectivity index (χ1) is 6.65. The third-order valence-corrected chi connectivity index (χ3v) is 1.96. The van der Waals surface area contributed by atoms with Crippen molar-refractivity contribution in [1.29, 1.82) is 0 Å². The molecular weight excluding hydrogens is 183 g/mol. The molecule has 0 N–H and O–H groups in total. The van der Waals surface area contributed by atoms with Crippen molar-refractivity contribution in [2.75, 3.05) is 13.7 Å². The van der Waals surface area contributed by atoms with Gasteiger partial charge in [-0.2, -0.15) is 0 Å². The minimum atomic E-state index is -0.294. The lowest BCUT2D eigenvalue weighted by Crippen LogP contribution is -2.11.